The summed E-state index contributed by atoms with van der Waals surface area (Å²) < 4.78 is 37.7. The lowest BCUT2D eigenvalue weighted by atomic mass is 9.88. The Hall–Kier alpha value is -0.780. The normalized spacial score (nSPS) is 28.4. The molecule has 1 rings (SSSR count). The third kappa shape index (κ3) is 2.00. The van der Waals surface area contributed by atoms with Crippen molar-refractivity contribution in [1.29, 1.82) is 0 Å². The molecule has 0 aromatic rings. The molecule has 0 saturated carbocycles. The number of hydrogen-bond acceptors (Lipinski definition) is 3. The van der Waals surface area contributed by atoms with Crippen LogP contribution in [0, 0.1) is 11.8 Å². The predicted octanol–water partition coefficient (Wildman–Crippen LogP) is 1.77. The van der Waals surface area contributed by atoms with Crippen molar-refractivity contribution in [2.24, 2.45) is 27.8 Å². The van der Waals surface area contributed by atoms with E-state index < -0.39 is 18.0 Å². The number of rotatable bonds is 1. The maximum absolute atomic E-state index is 12.6. The van der Waals surface area contributed by atoms with Crippen LogP contribution in [-0.2, 0) is 0 Å². The van der Waals surface area contributed by atoms with Crippen LogP contribution in [0.3, 0.4) is 0 Å². The van der Waals surface area contributed by atoms with E-state index in [9.17, 15) is 13.2 Å². The van der Waals surface area contributed by atoms with Gasteiger partial charge in [-0.15, -0.1) is 16.7 Å². The van der Waals surface area contributed by atoms with Crippen LogP contribution in [0.25, 0.3) is 0 Å². The molecule has 0 aromatic carbocycles. The third-order valence-corrected chi connectivity index (χ3v) is 2.38. The monoisotopic (exact) mass is 227 g/mol. The van der Waals surface area contributed by atoms with Gasteiger partial charge in [0.25, 0.3) is 0 Å². The van der Waals surface area contributed by atoms with Crippen LogP contribution in [0.5, 0.6) is 0 Å². The summed E-state index contributed by atoms with van der Waals surface area (Å²) in [4.78, 5) is 0. The molecule has 7 heteroatoms. The van der Waals surface area contributed by atoms with Crippen molar-refractivity contribution in [3.05, 3.63) is 0 Å². The fourth-order valence-corrected chi connectivity index (χ4v) is 1.54. The summed E-state index contributed by atoms with van der Waals surface area (Å²) in [6, 6.07) is 0. The van der Waals surface area contributed by atoms with E-state index in [2.05, 4.69) is 10.2 Å². The molecule has 3 nitrogen and oxygen atoms in total. The van der Waals surface area contributed by atoms with Crippen LogP contribution in [0.2, 0.25) is 0 Å². The Morgan fingerprint density at radius 1 is 1.43 bits per heavy atom. The van der Waals surface area contributed by atoms with Gasteiger partial charge in [0.2, 0.25) is 0 Å². The Morgan fingerprint density at radius 2 is 2.00 bits per heavy atom. The number of amidine groups is 1. The minimum absolute atomic E-state index is 0.110. The Bertz CT molecular complexity index is 284. The van der Waals surface area contributed by atoms with Crippen LogP contribution in [-0.4, -0.2) is 23.6 Å². The van der Waals surface area contributed by atoms with Crippen LogP contribution in [0.1, 0.15) is 6.92 Å². The van der Waals surface area contributed by atoms with Crippen molar-refractivity contribution < 1.29 is 13.2 Å². The average Bonchev–Trinajstić information content (AvgIpc) is 2.07. The van der Waals surface area contributed by atoms with Crippen LogP contribution in [0.4, 0.5) is 13.2 Å². The first-order chi connectivity index (χ1) is 6.38. The molecule has 1 aliphatic rings. The summed E-state index contributed by atoms with van der Waals surface area (Å²) in [5, 5.41) is 6.78. The smallest absolute Gasteiger partial charge is 0.385 e. The first-order valence-electron chi connectivity index (χ1n) is 3.90. The lowest BCUT2D eigenvalue weighted by molar-refractivity contribution is -0.161. The molecule has 0 fully saturated rings. The van der Waals surface area contributed by atoms with Crippen molar-refractivity contribution in [2.75, 3.05) is 5.88 Å². The quantitative estimate of drug-likeness (QED) is 0.682. The Morgan fingerprint density at radius 3 is 2.43 bits per heavy atom. The van der Waals surface area contributed by atoms with Gasteiger partial charge in [0.1, 0.15) is 11.8 Å². The van der Waals surface area contributed by atoms with E-state index in [1.54, 1.807) is 0 Å². The van der Waals surface area contributed by atoms with Crippen molar-refractivity contribution >= 4 is 23.1 Å². The molecule has 2 atom stereocenters. The SMILES string of the molecule is CC1C(N)=NN=C(CCl)C1C(F)(F)F. The van der Waals surface area contributed by atoms with E-state index in [1.165, 1.54) is 6.92 Å². The minimum Gasteiger partial charge on any atom is -0.385 e. The van der Waals surface area contributed by atoms with Gasteiger partial charge in [-0.1, -0.05) is 6.92 Å². The average molecular weight is 228 g/mol. The Labute approximate surface area is 83.8 Å². The first-order valence-corrected chi connectivity index (χ1v) is 4.43. The van der Waals surface area contributed by atoms with Crippen molar-refractivity contribution in [3.63, 3.8) is 0 Å². The second-order valence-electron chi connectivity index (χ2n) is 3.06. The van der Waals surface area contributed by atoms with Gasteiger partial charge in [-0.2, -0.15) is 18.3 Å². The Balaban J connectivity index is 3.04. The van der Waals surface area contributed by atoms with E-state index in [4.69, 9.17) is 17.3 Å². The lowest BCUT2D eigenvalue weighted by Gasteiger charge is -2.28. The lowest BCUT2D eigenvalue weighted by Crippen LogP contribution is -2.44. The highest BCUT2D eigenvalue weighted by atomic mass is 35.5. The van der Waals surface area contributed by atoms with E-state index in [1.807, 2.05) is 0 Å². The molecule has 0 saturated heterocycles. The van der Waals surface area contributed by atoms with Crippen molar-refractivity contribution in [1.82, 2.24) is 0 Å². The second-order valence-corrected chi connectivity index (χ2v) is 3.33. The second kappa shape index (κ2) is 3.76. The summed E-state index contributed by atoms with van der Waals surface area (Å²) in [5.74, 6) is -3.01. The summed E-state index contributed by atoms with van der Waals surface area (Å²) >= 11 is 5.35. The molecule has 0 spiro atoms. The number of nitrogens with two attached hydrogens (primary N) is 1. The van der Waals surface area contributed by atoms with Crippen LogP contribution < -0.4 is 5.73 Å². The highest BCUT2D eigenvalue weighted by Crippen LogP contribution is 2.35. The molecule has 1 aliphatic heterocycles. The van der Waals surface area contributed by atoms with Gasteiger partial charge in [-0.05, 0) is 0 Å². The number of alkyl halides is 4. The van der Waals surface area contributed by atoms with Crippen LogP contribution in [0.15, 0.2) is 10.2 Å². The molecular weight excluding hydrogens is 219 g/mol. The highest BCUT2D eigenvalue weighted by molar-refractivity contribution is 6.29. The largest absolute Gasteiger partial charge is 0.397 e. The highest BCUT2D eigenvalue weighted by Gasteiger charge is 2.48. The zero-order valence-electron chi connectivity index (χ0n) is 7.35. The topological polar surface area (TPSA) is 50.7 Å². The van der Waals surface area contributed by atoms with Gasteiger partial charge in [0.15, 0.2) is 0 Å². The fourth-order valence-electron chi connectivity index (χ4n) is 1.32. The van der Waals surface area contributed by atoms with Gasteiger partial charge in [-0.25, -0.2) is 0 Å². The van der Waals surface area contributed by atoms with E-state index >= 15 is 0 Å². The summed E-state index contributed by atoms with van der Waals surface area (Å²) in [5.41, 5.74) is 5.10. The molecule has 0 aliphatic carbocycles. The molecule has 0 amide bonds. The van der Waals surface area contributed by atoms with E-state index in [-0.39, 0.29) is 17.4 Å². The summed E-state index contributed by atoms with van der Waals surface area (Å²) in [6.07, 6.45) is -4.38. The zero-order chi connectivity index (χ0) is 10.9. The molecule has 2 N–H and O–H groups in total. The van der Waals surface area contributed by atoms with Gasteiger partial charge in [-0.3, -0.25) is 0 Å². The standard InChI is InChI=1S/C7H9ClF3N3/c1-3-5(7(9,10)11)4(2-8)13-14-6(3)12/h3,5H,2H2,1H3,(H2,12,14). The summed E-state index contributed by atoms with van der Waals surface area (Å²) in [6.45, 7) is 1.36. The molecule has 0 radical (unpaired) electrons. The van der Waals surface area contributed by atoms with E-state index in [0.717, 1.165) is 0 Å². The number of nitrogens with zero attached hydrogens (tertiary/aromatic N) is 2. The van der Waals surface area contributed by atoms with Gasteiger partial charge in [0, 0.05) is 5.92 Å². The molecule has 14 heavy (non-hydrogen) atoms. The number of hydrogen-bond donors (Lipinski definition) is 1. The van der Waals surface area contributed by atoms with Gasteiger partial charge >= 0.3 is 6.18 Å². The summed E-state index contributed by atoms with van der Waals surface area (Å²) in [7, 11) is 0. The van der Waals surface area contributed by atoms with E-state index in [0.29, 0.717) is 0 Å². The maximum atomic E-state index is 12.6. The molecule has 0 bridgehead atoms. The number of halogens is 4. The zero-order valence-corrected chi connectivity index (χ0v) is 8.10. The molecule has 2 unspecified atom stereocenters. The maximum Gasteiger partial charge on any atom is 0.397 e. The molecule has 0 aromatic heterocycles. The van der Waals surface area contributed by atoms with Crippen molar-refractivity contribution in [2.45, 2.75) is 13.1 Å². The van der Waals surface area contributed by atoms with Gasteiger partial charge in [0.05, 0.1) is 11.6 Å². The Kier molecular flexibility index (Phi) is 3.04. The first kappa shape index (κ1) is 11.3. The fraction of sp³-hybridized carbons (Fsp3) is 0.714. The third-order valence-electron chi connectivity index (χ3n) is 2.11. The minimum atomic E-state index is -4.38. The predicted molar refractivity (Wildman–Crippen MR) is 48.5 cm³/mol. The molecule has 80 valence electrons. The van der Waals surface area contributed by atoms with Crippen molar-refractivity contribution in [3.8, 4) is 0 Å². The van der Waals surface area contributed by atoms with Gasteiger partial charge < -0.3 is 5.73 Å². The molecular formula is C7H9ClF3N3. The van der Waals surface area contributed by atoms with Crippen LogP contribution >= 0.6 is 11.6 Å². The molecule has 1 heterocycles.